The maximum atomic E-state index is 5.64. The van der Waals surface area contributed by atoms with Crippen LogP contribution in [0.5, 0.6) is 0 Å². The fourth-order valence-corrected chi connectivity index (χ4v) is 1.30. The topological polar surface area (TPSA) is 12.5 Å². The summed E-state index contributed by atoms with van der Waals surface area (Å²) in [7, 11) is 0. The number of rotatable bonds is 2. The lowest BCUT2D eigenvalue weighted by atomic mass is 10.1. The van der Waals surface area contributed by atoms with Crippen LogP contribution in [0.1, 0.15) is 34.1 Å². The Bertz CT molecular complexity index is 181. The molecule has 1 saturated heterocycles. The highest BCUT2D eigenvalue weighted by molar-refractivity contribution is 4.95. The zero-order chi connectivity index (χ0) is 9.35. The van der Waals surface area contributed by atoms with Crippen LogP contribution in [0.3, 0.4) is 0 Å². The number of ether oxygens (including phenoxy) is 1. The van der Waals surface area contributed by atoms with Gasteiger partial charge >= 0.3 is 0 Å². The molecule has 0 aromatic rings. The Morgan fingerprint density at radius 3 is 2.33 bits per heavy atom. The molecule has 70 valence electrons. The van der Waals surface area contributed by atoms with Crippen molar-refractivity contribution in [3.63, 3.8) is 0 Å². The quantitative estimate of drug-likeness (QED) is 0.588. The van der Waals surface area contributed by atoms with E-state index in [4.69, 9.17) is 4.74 Å². The van der Waals surface area contributed by atoms with Crippen molar-refractivity contribution in [3.05, 3.63) is 12.5 Å². The summed E-state index contributed by atoms with van der Waals surface area (Å²) >= 11 is 0. The highest BCUT2D eigenvalue weighted by Crippen LogP contribution is 2.25. The molecule has 0 aromatic heterocycles. The molecule has 1 unspecified atom stereocenters. The van der Waals surface area contributed by atoms with Crippen LogP contribution < -0.4 is 0 Å². The Balaban J connectivity index is 2.39. The average molecular weight is 169 g/mol. The Hall–Kier alpha value is -0.660. The average Bonchev–Trinajstić information content (AvgIpc) is 1.79. The van der Waals surface area contributed by atoms with Crippen molar-refractivity contribution in [2.75, 3.05) is 6.54 Å². The van der Waals surface area contributed by atoms with Crippen molar-refractivity contribution in [1.29, 1.82) is 0 Å². The van der Waals surface area contributed by atoms with E-state index < -0.39 is 0 Å². The highest BCUT2D eigenvalue weighted by atomic mass is 16.5. The van der Waals surface area contributed by atoms with E-state index >= 15 is 0 Å². The number of nitrogens with zero attached hydrogens (tertiary/aromatic N) is 1. The maximum absolute atomic E-state index is 5.64. The molecule has 0 amide bonds. The molecule has 0 aromatic carbocycles. The summed E-state index contributed by atoms with van der Waals surface area (Å²) in [5, 5.41) is 0. The summed E-state index contributed by atoms with van der Waals surface area (Å²) in [5.74, 6) is 0.821. The van der Waals surface area contributed by atoms with Gasteiger partial charge in [0.25, 0.3) is 0 Å². The third kappa shape index (κ3) is 2.16. The summed E-state index contributed by atoms with van der Waals surface area (Å²) in [6.07, 6.45) is 1.26. The van der Waals surface area contributed by atoms with Crippen molar-refractivity contribution < 1.29 is 4.74 Å². The predicted octanol–water partition coefficient (Wildman–Crippen LogP) is 2.37. The van der Waals surface area contributed by atoms with Crippen LogP contribution in [0, 0.1) is 0 Å². The van der Waals surface area contributed by atoms with Gasteiger partial charge < -0.3 is 9.64 Å². The number of hydrogen-bond acceptors (Lipinski definition) is 2. The fraction of sp³-hybridized carbons (Fsp3) is 0.800. The van der Waals surface area contributed by atoms with Gasteiger partial charge in [-0.3, -0.25) is 0 Å². The smallest absolute Gasteiger partial charge is 0.182 e. The van der Waals surface area contributed by atoms with Crippen molar-refractivity contribution in [2.45, 2.75) is 45.8 Å². The molecule has 1 atom stereocenters. The summed E-state index contributed by atoms with van der Waals surface area (Å²) in [5.41, 5.74) is -0.119. The van der Waals surface area contributed by atoms with Crippen LogP contribution in [0.2, 0.25) is 0 Å². The lowest BCUT2D eigenvalue weighted by Crippen LogP contribution is -2.46. The van der Waals surface area contributed by atoms with E-state index in [1.165, 1.54) is 6.42 Å². The lowest BCUT2D eigenvalue weighted by molar-refractivity contribution is -0.0315. The molecule has 0 spiro atoms. The Labute approximate surface area is 75.2 Å². The van der Waals surface area contributed by atoms with Crippen molar-refractivity contribution in [3.8, 4) is 0 Å². The minimum atomic E-state index is -0.119. The molecule has 0 radical (unpaired) electrons. The SMILES string of the molecule is C=C(OC(C)(C)C)N1CCC1C. The standard InChI is InChI=1S/C10H19NO/c1-8-6-7-11(8)9(2)12-10(3,4)5/h8H,2,6-7H2,1,3-5H3. The van der Waals surface area contributed by atoms with Gasteiger partial charge in [0, 0.05) is 12.6 Å². The monoisotopic (exact) mass is 169 g/mol. The van der Waals surface area contributed by atoms with Gasteiger partial charge in [-0.15, -0.1) is 0 Å². The van der Waals surface area contributed by atoms with Gasteiger partial charge in [-0.25, -0.2) is 0 Å². The Morgan fingerprint density at radius 2 is 2.08 bits per heavy atom. The van der Waals surface area contributed by atoms with Crippen molar-refractivity contribution >= 4 is 0 Å². The largest absolute Gasteiger partial charge is 0.474 e. The molecule has 2 heteroatoms. The zero-order valence-corrected chi connectivity index (χ0v) is 8.55. The molecule has 0 bridgehead atoms. The molecular formula is C10H19NO. The minimum Gasteiger partial charge on any atom is -0.474 e. The second-order valence-electron chi connectivity index (χ2n) is 4.44. The number of likely N-dealkylation sites (tertiary alicyclic amines) is 1. The Kier molecular flexibility index (Phi) is 2.36. The molecule has 1 heterocycles. The third-order valence-corrected chi connectivity index (χ3v) is 2.06. The van der Waals surface area contributed by atoms with E-state index in [9.17, 15) is 0 Å². The molecule has 1 rings (SSSR count). The summed E-state index contributed by atoms with van der Waals surface area (Å²) < 4.78 is 5.64. The predicted molar refractivity (Wildman–Crippen MR) is 50.8 cm³/mol. The van der Waals surface area contributed by atoms with Crippen LogP contribution in [0.25, 0.3) is 0 Å². The van der Waals surface area contributed by atoms with E-state index in [0.29, 0.717) is 6.04 Å². The molecule has 12 heavy (non-hydrogen) atoms. The summed E-state index contributed by atoms with van der Waals surface area (Å²) in [6.45, 7) is 13.3. The third-order valence-electron chi connectivity index (χ3n) is 2.06. The summed E-state index contributed by atoms with van der Waals surface area (Å²) in [6, 6.07) is 0.611. The molecule has 0 N–H and O–H groups in total. The van der Waals surface area contributed by atoms with Crippen LogP contribution in [-0.2, 0) is 4.74 Å². The van der Waals surface area contributed by atoms with Crippen molar-refractivity contribution in [1.82, 2.24) is 4.90 Å². The molecule has 1 aliphatic heterocycles. The lowest BCUT2D eigenvalue weighted by Gasteiger charge is -2.42. The highest BCUT2D eigenvalue weighted by Gasteiger charge is 2.27. The first-order valence-corrected chi connectivity index (χ1v) is 4.55. The van der Waals surface area contributed by atoms with Gasteiger partial charge in [-0.05, 0) is 40.7 Å². The normalized spacial score (nSPS) is 23.3. The van der Waals surface area contributed by atoms with E-state index in [1.807, 2.05) is 20.8 Å². The fourth-order valence-electron chi connectivity index (χ4n) is 1.30. The second-order valence-corrected chi connectivity index (χ2v) is 4.44. The van der Waals surface area contributed by atoms with Crippen LogP contribution in [0.15, 0.2) is 12.5 Å². The molecule has 1 fully saturated rings. The summed E-state index contributed by atoms with van der Waals surface area (Å²) in [4.78, 5) is 2.20. The first-order valence-electron chi connectivity index (χ1n) is 4.55. The van der Waals surface area contributed by atoms with Crippen LogP contribution >= 0.6 is 0 Å². The van der Waals surface area contributed by atoms with E-state index in [1.54, 1.807) is 0 Å². The molecule has 0 saturated carbocycles. The van der Waals surface area contributed by atoms with Crippen LogP contribution in [0.4, 0.5) is 0 Å². The molecular weight excluding hydrogens is 150 g/mol. The van der Waals surface area contributed by atoms with Gasteiger partial charge in [0.05, 0.1) is 0 Å². The van der Waals surface area contributed by atoms with Gasteiger partial charge in [0.1, 0.15) is 5.60 Å². The minimum absolute atomic E-state index is 0.119. The van der Waals surface area contributed by atoms with Crippen molar-refractivity contribution in [2.24, 2.45) is 0 Å². The number of hydrogen-bond donors (Lipinski definition) is 0. The molecule has 2 nitrogen and oxygen atoms in total. The van der Waals surface area contributed by atoms with Gasteiger partial charge in [0.2, 0.25) is 0 Å². The molecule has 0 aliphatic carbocycles. The first kappa shape index (κ1) is 9.43. The molecule has 1 aliphatic rings. The van der Waals surface area contributed by atoms with E-state index in [-0.39, 0.29) is 5.60 Å². The van der Waals surface area contributed by atoms with Gasteiger partial charge in [-0.2, -0.15) is 0 Å². The van der Waals surface area contributed by atoms with Gasteiger partial charge in [-0.1, -0.05) is 0 Å². The van der Waals surface area contributed by atoms with Crippen LogP contribution in [-0.4, -0.2) is 23.1 Å². The van der Waals surface area contributed by atoms with Gasteiger partial charge in [0.15, 0.2) is 5.88 Å². The second kappa shape index (κ2) is 3.00. The maximum Gasteiger partial charge on any atom is 0.182 e. The first-order chi connectivity index (χ1) is 5.40. The zero-order valence-electron chi connectivity index (χ0n) is 8.55. The van der Waals surface area contributed by atoms with E-state index in [2.05, 4.69) is 18.4 Å². The Morgan fingerprint density at radius 1 is 1.50 bits per heavy atom. The van der Waals surface area contributed by atoms with E-state index in [0.717, 1.165) is 12.4 Å².